The minimum atomic E-state index is 0.253. The van der Waals surface area contributed by atoms with Gasteiger partial charge in [0.2, 0.25) is 5.91 Å². The van der Waals surface area contributed by atoms with Crippen molar-refractivity contribution in [2.24, 2.45) is 0 Å². The summed E-state index contributed by atoms with van der Waals surface area (Å²) in [6, 6.07) is 4.74. The van der Waals surface area contributed by atoms with Crippen molar-refractivity contribution in [1.29, 1.82) is 0 Å². The minimum Gasteiger partial charge on any atom is -0.337 e. The molecule has 2 unspecified atom stereocenters. The number of piperazine rings is 1. The van der Waals surface area contributed by atoms with E-state index in [1.54, 1.807) is 11.3 Å². The van der Waals surface area contributed by atoms with Crippen LogP contribution < -0.4 is 5.32 Å². The number of hydrogen-bond acceptors (Lipinski definition) is 3. The number of carbonyl (C=O) groups is 1. The smallest absolute Gasteiger partial charge is 0.228 e. The standard InChI is InChI=1S/C12H18N2OS/c1-9-8-14(10(2)7-13-9)12(15)6-11-4-3-5-16-11/h3-5,9-10,13H,6-8H2,1-2H3. The summed E-state index contributed by atoms with van der Waals surface area (Å²) in [5.74, 6) is 0.253. The second-order valence-electron chi connectivity index (χ2n) is 4.46. The molecular weight excluding hydrogens is 220 g/mol. The molecule has 0 radical (unpaired) electrons. The SMILES string of the molecule is CC1CN(C(=O)Cc2cccs2)C(C)CN1. The van der Waals surface area contributed by atoms with E-state index >= 15 is 0 Å². The number of rotatable bonds is 2. The lowest BCUT2D eigenvalue weighted by Crippen LogP contribution is -2.56. The van der Waals surface area contributed by atoms with Crippen molar-refractivity contribution < 1.29 is 4.79 Å². The Bertz CT molecular complexity index is 350. The molecule has 88 valence electrons. The van der Waals surface area contributed by atoms with E-state index in [0.717, 1.165) is 18.0 Å². The molecule has 0 spiro atoms. The lowest BCUT2D eigenvalue weighted by molar-refractivity contribution is -0.133. The maximum atomic E-state index is 12.1. The highest BCUT2D eigenvalue weighted by Crippen LogP contribution is 2.13. The average Bonchev–Trinajstić information content (AvgIpc) is 2.74. The third-order valence-corrected chi connectivity index (χ3v) is 3.87. The molecule has 1 aliphatic heterocycles. The van der Waals surface area contributed by atoms with Crippen LogP contribution in [0.4, 0.5) is 0 Å². The van der Waals surface area contributed by atoms with Crippen molar-refractivity contribution in [3.8, 4) is 0 Å². The number of amides is 1. The van der Waals surface area contributed by atoms with E-state index in [4.69, 9.17) is 0 Å². The Labute approximate surface area is 100 Å². The first-order valence-corrected chi connectivity index (χ1v) is 6.60. The molecule has 16 heavy (non-hydrogen) atoms. The van der Waals surface area contributed by atoms with E-state index in [1.165, 1.54) is 0 Å². The third kappa shape index (κ3) is 2.62. The molecule has 1 aliphatic rings. The molecule has 2 rings (SSSR count). The zero-order chi connectivity index (χ0) is 11.5. The fourth-order valence-electron chi connectivity index (χ4n) is 2.03. The van der Waals surface area contributed by atoms with Crippen molar-refractivity contribution in [3.05, 3.63) is 22.4 Å². The van der Waals surface area contributed by atoms with Gasteiger partial charge in [0.1, 0.15) is 0 Å². The van der Waals surface area contributed by atoms with Crippen molar-refractivity contribution >= 4 is 17.2 Å². The number of carbonyl (C=O) groups excluding carboxylic acids is 1. The molecule has 2 atom stereocenters. The highest BCUT2D eigenvalue weighted by Gasteiger charge is 2.26. The lowest BCUT2D eigenvalue weighted by atomic mass is 10.1. The molecule has 0 aromatic carbocycles. The molecule has 2 heterocycles. The number of nitrogens with one attached hydrogen (secondary N) is 1. The summed E-state index contributed by atoms with van der Waals surface area (Å²) < 4.78 is 0. The Morgan fingerprint density at radius 1 is 1.62 bits per heavy atom. The van der Waals surface area contributed by atoms with Gasteiger partial charge in [-0.3, -0.25) is 4.79 Å². The molecule has 3 nitrogen and oxygen atoms in total. The highest BCUT2D eigenvalue weighted by molar-refractivity contribution is 7.10. The van der Waals surface area contributed by atoms with E-state index in [1.807, 2.05) is 22.4 Å². The van der Waals surface area contributed by atoms with Gasteiger partial charge < -0.3 is 10.2 Å². The van der Waals surface area contributed by atoms with Gasteiger partial charge in [-0.25, -0.2) is 0 Å². The first-order valence-electron chi connectivity index (χ1n) is 5.72. The third-order valence-electron chi connectivity index (χ3n) is 2.99. The normalized spacial score (nSPS) is 25.8. The van der Waals surface area contributed by atoms with Crippen molar-refractivity contribution in [2.75, 3.05) is 13.1 Å². The summed E-state index contributed by atoms with van der Waals surface area (Å²) in [4.78, 5) is 15.3. The van der Waals surface area contributed by atoms with Crippen LogP contribution in [-0.4, -0.2) is 36.0 Å². The molecule has 1 aromatic heterocycles. The molecule has 0 aliphatic carbocycles. The van der Waals surface area contributed by atoms with Crippen LogP contribution in [-0.2, 0) is 11.2 Å². The van der Waals surface area contributed by atoms with Crippen molar-refractivity contribution in [2.45, 2.75) is 32.4 Å². The van der Waals surface area contributed by atoms with Gasteiger partial charge in [0.15, 0.2) is 0 Å². The quantitative estimate of drug-likeness (QED) is 0.847. The molecule has 1 saturated heterocycles. The van der Waals surface area contributed by atoms with Gasteiger partial charge in [0.05, 0.1) is 6.42 Å². The van der Waals surface area contributed by atoms with E-state index < -0.39 is 0 Å². The van der Waals surface area contributed by atoms with Crippen LogP contribution in [0, 0.1) is 0 Å². The zero-order valence-corrected chi connectivity index (χ0v) is 10.6. The molecule has 1 amide bonds. The summed E-state index contributed by atoms with van der Waals surface area (Å²) in [5, 5.41) is 5.40. The Morgan fingerprint density at radius 3 is 3.12 bits per heavy atom. The molecule has 1 N–H and O–H groups in total. The zero-order valence-electron chi connectivity index (χ0n) is 9.77. The van der Waals surface area contributed by atoms with Crippen LogP contribution >= 0.6 is 11.3 Å². The summed E-state index contributed by atoms with van der Waals surface area (Å²) >= 11 is 1.65. The molecule has 4 heteroatoms. The number of hydrogen-bond donors (Lipinski definition) is 1. The maximum absolute atomic E-state index is 12.1. The van der Waals surface area contributed by atoms with Crippen LogP contribution in [0.5, 0.6) is 0 Å². The molecule has 0 saturated carbocycles. The van der Waals surface area contributed by atoms with Crippen LogP contribution in [0.15, 0.2) is 17.5 Å². The first-order chi connectivity index (χ1) is 7.66. The average molecular weight is 238 g/mol. The van der Waals surface area contributed by atoms with Gasteiger partial charge in [-0.2, -0.15) is 0 Å². The second-order valence-corrected chi connectivity index (χ2v) is 5.49. The van der Waals surface area contributed by atoms with E-state index in [9.17, 15) is 4.79 Å². The molecule has 1 aromatic rings. The first kappa shape index (κ1) is 11.6. The fraction of sp³-hybridized carbons (Fsp3) is 0.583. The largest absolute Gasteiger partial charge is 0.337 e. The summed E-state index contributed by atoms with van der Waals surface area (Å²) in [7, 11) is 0. The Kier molecular flexibility index (Phi) is 3.61. The summed E-state index contributed by atoms with van der Waals surface area (Å²) in [6.45, 7) is 5.95. The van der Waals surface area contributed by atoms with Crippen LogP contribution in [0.1, 0.15) is 18.7 Å². The fourth-order valence-corrected chi connectivity index (χ4v) is 2.73. The van der Waals surface area contributed by atoms with Gasteiger partial charge in [-0.15, -0.1) is 11.3 Å². The molecule has 1 fully saturated rings. The second kappa shape index (κ2) is 4.97. The monoisotopic (exact) mass is 238 g/mol. The van der Waals surface area contributed by atoms with E-state index in [-0.39, 0.29) is 5.91 Å². The van der Waals surface area contributed by atoms with Crippen LogP contribution in [0.2, 0.25) is 0 Å². The number of thiophene rings is 1. The Balaban J connectivity index is 1.97. The summed E-state index contributed by atoms with van der Waals surface area (Å²) in [5.41, 5.74) is 0. The van der Waals surface area contributed by atoms with Gasteiger partial charge in [-0.1, -0.05) is 6.07 Å². The van der Waals surface area contributed by atoms with Gasteiger partial charge in [0, 0.05) is 30.1 Å². The lowest BCUT2D eigenvalue weighted by Gasteiger charge is -2.37. The molecular formula is C12H18N2OS. The minimum absolute atomic E-state index is 0.253. The predicted octanol–water partition coefficient (Wildman–Crippen LogP) is 1.50. The van der Waals surface area contributed by atoms with Gasteiger partial charge in [-0.05, 0) is 25.3 Å². The van der Waals surface area contributed by atoms with Crippen LogP contribution in [0.25, 0.3) is 0 Å². The Morgan fingerprint density at radius 2 is 2.44 bits per heavy atom. The topological polar surface area (TPSA) is 32.3 Å². The van der Waals surface area contributed by atoms with Crippen molar-refractivity contribution in [1.82, 2.24) is 10.2 Å². The highest BCUT2D eigenvalue weighted by atomic mass is 32.1. The number of nitrogens with zero attached hydrogens (tertiary/aromatic N) is 1. The van der Waals surface area contributed by atoms with E-state index in [0.29, 0.717) is 18.5 Å². The molecule has 0 bridgehead atoms. The van der Waals surface area contributed by atoms with Crippen molar-refractivity contribution in [3.63, 3.8) is 0 Å². The summed E-state index contributed by atoms with van der Waals surface area (Å²) in [6.07, 6.45) is 0.550. The Hall–Kier alpha value is -0.870. The van der Waals surface area contributed by atoms with Crippen LogP contribution in [0.3, 0.4) is 0 Å². The van der Waals surface area contributed by atoms with E-state index in [2.05, 4.69) is 19.2 Å². The van der Waals surface area contributed by atoms with Gasteiger partial charge >= 0.3 is 0 Å². The predicted molar refractivity (Wildman–Crippen MR) is 66.7 cm³/mol. The maximum Gasteiger partial charge on any atom is 0.228 e. The van der Waals surface area contributed by atoms with Gasteiger partial charge in [0.25, 0.3) is 0 Å².